The summed E-state index contributed by atoms with van der Waals surface area (Å²) in [6.45, 7) is 8.28. The summed E-state index contributed by atoms with van der Waals surface area (Å²) in [5, 5.41) is 4.29. The van der Waals surface area contributed by atoms with Crippen LogP contribution in [0.1, 0.15) is 25.1 Å². The van der Waals surface area contributed by atoms with Gasteiger partial charge in [0.15, 0.2) is 0 Å². The zero-order valence-corrected chi connectivity index (χ0v) is 16.1. The van der Waals surface area contributed by atoms with Crippen molar-refractivity contribution in [3.63, 3.8) is 0 Å². The molecular weight excluding hydrogens is 334 g/mol. The third-order valence-corrected chi connectivity index (χ3v) is 4.32. The molecule has 1 N–H and O–H groups in total. The monoisotopic (exact) mass is 359 g/mol. The summed E-state index contributed by atoms with van der Waals surface area (Å²) in [6.07, 6.45) is 1.78. The number of hydrazone groups is 1. The maximum absolute atomic E-state index is 4.55. The Balaban J connectivity index is 1.70. The minimum atomic E-state index is 0.491. The lowest BCUT2D eigenvalue weighted by Gasteiger charge is -2.20. The number of rotatable bonds is 7. The van der Waals surface area contributed by atoms with Gasteiger partial charge in [-0.2, -0.15) is 5.10 Å². The van der Waals surface area contributed by atoms with Crippen molar-refractivity contribution in [3.8, 4) is 11.3 Å². The van der Waals surface area contributed by atoms with Crippen LogP contribution in [0.25, 0.3) is 11.3 Å². The van der Waals surface area contributed by atoms with Crippen LogP contribution in [0.3, 0.4) is 0 Å². The fourth-order valence-electron chi connectivity index (χ4n) is 2.90. The molecule has 0 saturated carbocycles. The minimum Gasteiger partial charge on any atom is -0.372 e. The Morgan fingerprint density at radius 3 is 2.33 bits per heavy atom. The van der Waals surface area contributed by atoms with E-state index in [0.717, 1.165) is 35.6 Å². The van der Waals surface area contributed by atoms with Gasteiger partial charge in [0.1, 0.15) is 0 Å². The number of hydrogen-bond donors (Lipinski definition) is 1. The average molecular weight is 359 g/mol. The second-order valence-electron chi connectivity index (χ2n) is 6.22. The summed E-state index contributed by atoms with van der Waals surface area (Å²) < 4.78 is 0. The molecule has 0 spiro atoms. The van der Waals surface area contributed by atoms with Crippen LogP contribution in [-0.2, 0) is 0 Å². The standard InChI is InChI=1S/C22H25N5/c1-4-27(5-2)20-13-11-18(12-14-20)16-23-26-22-24-17(3)15-21(25-22)19-9-7-6-8-10-19/h6-16H,4-5H2,1-3H3,(H,24,25,26)/b23-16-. The van der Waals surface area contributed by atoms with Gasteiger partial charge in [-0.05, 0) is 44.5 Å². The predicted octanol–water partition coefficient (Wildman–Crippen LogP) is 4.74. The molecule has 5 heteroatoms. The Bertz CT molecular complexity index is 884. The summed E-state index contributed by atoms with van der Waals surface area (Å²) in [6, 6.07) is 20.4. The van der Waals surface area contributed by atoms with Gasteiger partial charge in [-0.3, -0.25) is 0 Å². The highest BCUT2D eigenvalue weighted by Crippen LogP contribution is 2.19. The fraction of sp³-hybridized carbons (Fsp3) is 0.227. The molecule has 1 aromatic heterocycles. The number of hydrogen-bond acceptors (Lipinski definition) is 5. The first-order valence-corrected chi connectivity index (χ1v) is 9.24. The number of nitrogens with zero attached hydrogens (tertiary/aromatic N) is 4. The van der Waals surface area contributed by atoms with Crippen LogP contribution in [0.4, 0.5) is 11.6 Å². The van der Waals surface area contributed by atoms with Crippen LogP contribution in [0.15, 0.2) is 65.8 Å². The lowest BCUT2D eigenvalue weighted by Crippen LogP contribution is -2.21. The molecule has 0 bridgehead atoms. The van der Waals surface area contributed by atoms with Gasteiger partial charge in [-0.15, -0.1) is 0 Å². The molecule has 138 valence electrons. The fourth-order valence-corrected chi connectivity index (χ4v) is 2.90. The number of anilines is 2. The van der Waals surface area contributed by atoms with Gasteiger partial charge in [0, 0.05) is 30.0 Å². The molecule has 0 aliphatic carbocycles. The first kappa shape index (κ1) is 18.6. The summed E-state index contributed by atoms with van der Waals surface area (Å²) >= 11 is 0. The van der Waals surface area contributed by atoms with Crippen molar-refractivity contribution in [2.24, 2.45) is 5.10 Å². The van der Waals surface area contributed by atoms with E-state index in [1.165, 1.54) is 5.69 Å². The Hall–Kier alpha value is -3.21. The van der Waals surface area contributed by atoms with E-state index < -0.39 is 0 Å². The van der Waals surface area contributed by atoms with Crippen molar-refractivity contribution in [2.75, 3.05) is 23.4 Å². The maximum Gasteiger partial charge on any atom is 0.244 e. The highest BCUT2D eigenvalue weighted by molar-refractivity contribution is 5.80. The number of aromatic nitrogens is 2. The highest BCUT2D eigenvalue weighted by atomic mass is 15.3. The molecule has 3 aromatic rings. The van der Waals surface area contributed by atoms with E-state index >= 15 is 0 Å². The molecule has 0 aliphatic heterocycles. The van der Waals surface area contributed by atoms with E-state index in [9.17, 15) is 0 Å². The molecule has 0 atom stereocenters. The Morgan fingerprint density at radius 2 is 1.67 bits per heavy atom. The molecule has 1 heterocycles. The summed E-state index contributed by atoms with van der Waals surface area (Å²) in [5.41, 5.74) is 8.02. The van der Waals surface area contributed by atoms with Crippen molar-refractivity contribution in [2.45, 2.75) is 20.8 Å². The van der Waals surface area contributed by atoms with Crippen LogP contribution in [0, 0.1) is 6.92 Å². The Morgan fingerprint density at radius 1 is 0.963 bits per heavy atom. The summed E-state index contributed by atoms with van der Waals surface area (Å²) in [5.74, 6) is 0.491. The van der Waals surface area contributed by atoms with Gasteiger partial charge < -0.3 is 4.90 Å². The topological polar surface area (TPSA) is 53.4 Å². The molecule has 0 aliphatic rings. The van der Waals surface area contributed by atoms with Crippen LogP contribution in [0.2, 0.25) is 0 Å². The number of aryl methyl sites for hydroxylation is 1. The molecule has 27 heavy (non-hydrogen) atoms. The smallest absolute Gasteiger partial charge is 0.244 e. The predicted molar refractivity (Wildman–Crippen MR) is 113 cm³/mol. The van der Waals surface area contributed by atoms with Crippen molar-refractivity contribution >= 4 is 17.9 Å². The normalized spacial score (nSPS) is 10.9. The quantitative estimate of drug-likeness (QED) is 0.489. The highest BCUT2D eigenvalue weighted by Gasteiger charge is 2.04. The van der Waals surface area contributed by atoms with E-state index in [2.05, 4.69) is 63.5 Å². The van der Waals surface area contributed by atoms with E-state index in [1.807, 2.05) is 43.3 Å². The SMILES string of the molecule is CCN(CC)c1ccc(/C=N\Nc2nc(C)cc(-c3ccccc3)n2)cc1. The van der Waals surface area contributed by atoms with Gasteiger partial charge in [-0.25, -0.2) is 15.4 Å². The van der Waals surface area contributed by atoms with E-state index in [-0.39, 0.29) is 0 Å². The maximum atomic E-state index is 4.55. The molecule has 0 amide bonds. The molecule has 0 saturated heterocycles. The molecule has 0 radical (unpaired) electrons. The first-order valence-electron chi connectivity index (χ1n) is 9.24. The van der Waals surface area contributed by atoms with Gasteiger partial charge >= 0.3 is 0 Å². The van der Waals surface area contributed by atoms with E-state index in [4.69, 9.17) is 0 Å². The van der Waals surface area contributed by atoms with E-state index in [0.29, 0.717) is 5.95 Å². The molecule has 3 rings (SSSR count). The minimum absolute atomic E-state index is 0.491. The molecular formula is C22H25N5. The first-order chi connectivity index (χ1) is 13.2. The Kier molecular flexibility index (Phi) is 6.15. The van der Waals surface area contributed by atoms with Crippen molar-refractivity contribution in [1.29, 1.82) is 0 Å². The van der Waals surface area contributed by atoms with E-state index in [1.54, 1.807) is 6.21 Å². The zero-order chi connectivity index (χ0) is 19.1. The average Bonchev–Trinajstić information content (AvgIpc) is 2.70. The number of nitrogens with one attached hydrogen (secondary N) is 1. The summed E-state index contributed by atoms with van der Waals surface area (Å²) in [4.78, 5) is 11.3. The van der Waals surface area contributed by atoms with Gasteiger partial charge in [0.2, 0.25) is 5.95 Å². The van der Waals surface area contributed by atoms with Crippen molar-refractivity contribution in [1.82, 2.24) is 9.97 Å². The van der Waals surface area contributed by atoms with Crippen LogP contribution < -0.4 is 10.3 Å². The number of benzene rings is 2. The van der Waals surface area contributed by atoms with Crippen LogP contribution in [0.5, 0.6) is 0 Å². The van der Waals surface area contributed by atoms with Gasteiger partial charge in [0.05, 0.1) is 11.9 Å². The largest absolute Gasteiger partial charge is 0.372 e. The second kappa shape index (κ2) is 8.94. The van der Waals surface area contributed by atoms with Crippen LogP contribution in [-0.4, -0.2) is 29.3 Å². The van der Waals surface area contributed by atoms with Gasteiger partial charge in [-0.1, -0.05) is 42.5 Å². The molecule has 5 nitrogen and oxygen atoms in total. The molecule has 0 fully saturated rings. The van der Waals surface area contributed by atoms with Crippen molar-refractivity contribution < 1.29 is 0 Å². The molecule has 2 aromatic carbocycles. The lowest BCUT2D eigenvalue weighted by atomic mass is 10.1. The second-order valence-corrected chi connectivity index (χ2v) is 6.22. The molecule has 0 unspecified atom stereocenters. The van der Waals surface area contributed by atoms with Gasteiger partial charge in [0.25, 0.3) is 0 Å². The van der Waals surface area contributed by atoms with Crippen molar-refractivity contribution in [3.05, 3.63) is 71.9 Å². The third kappa shape index (κ3) is 4.91. The zero-order valence-electron chi connectivity index (χ0n) is 16.1. The lowest BCUT2D eigenvalue weighted by molar-refractivity contribution is 0.866. The third-order valence-electron chi connectivity index (χ3n) is 4.32. The van der Waals surface area contributed by atoms with Crippen LogP contribution >= 0.6 is 0 Å². The summed E-state index contributed by atoms with van der Waals surface area (Å²) in [7, 11) is 0. The Labute approximate surface area is 160 Å².